The molecule has 0 saturated heterocycles. The van der Waals surface area contributed by atoms with Crippen LogP contribution >= 0.6 is 0 Å². The van der Waals surface area contributed by atoms with Crippen molar-refractivity contribution in [1.29, 1.82) is 0 Å². The predicted molar refractivity (Wildman–Crippen MR) is 118 cm³/mol. The standard InChI is InChI=1S/C26H20Si/c1-4-10-23(11-5-1)24-18-16-22(17-19-24)20-21-27(25-12-6-2-7-13-25)26-14-8-3-9-15-26/h1-19,27H. The van der Waals surface area contributed by atoms with E-state index in [-0.39, 0.29) is 0 Å². The van der Waals surface area contributed by atoms with Crippen molar-refractivity contribution in [2.75, 3.05) is 0 Å². The summed E-state index contributed by atoms with van der Waals surface area (Å²) in [6, 6.07) is 40.4. The summed E-state index contributed by atoms with van der Waals surface area (Å²) in [7, 11) is -1.55. The highest BCUT2D eigenvalue weighted by atomic mass is 28.3. The van der Waals surface area contributed by atoms with E-state index in [4.69, 9.17) is 0 Å². The molecule has 0 aromatic heterocycles. The zero-order valence-electron chi connectivity index (χ0n) is 15.0. The molecule has 0 aliphatic carbocycles. The second-order valence-electron chi connectivity index (χ2n) is 6.47. The van der Waals surface area contributed by atoms with Crippen molar-refractivity contribution < 1.29 is 0 Å². The summed E-state index contributed by atoms with van der Waals surface area (Å²) in [4.78, 5) is 0. The van der Waals surface area contributed by atoms with Crippen LogP contribution in [0, 0.1) is 11.5 Å². The average Bonchev–Trinajstić information content (AvgIpc) is 2.76. The fourth-order valence-electron chi connectivity index (χ4n) is 3.18. The van der Waals surface area contributed by atoms with E-state index in [0.29, 0.717) is 0 Å². The Labute approximate surface area is 162 Å². The van der Waals surface area contributed by atoms with Crippen LogP contribution in [0.15, 0.2) is 115 Å². The van der Waals surface area contributed by atoms with Gasteiger partial charge in [-0.1, -0.05) is 109 Å². The first-order chi connectivity index (χ1) is 13.4. The maximum Gasteiger partial charge on any atom is 0.184 e. The van der Waals surface area contributed by atoms with Crippen molar-refractivity contribution in [3.05, 3.63) is 121 Å². The first kappa shape index (κ1) is 17.1. The zero-order chi connectivity index (χ0) is 18.3. The van der Waals surface area contributed by atoms with Gasteiger partial charge in [0.1, 0.15) is 0 Å². The van der Waals surface area contributed by atoms with Crippen molar-refractivity contribution in [3.8, 4) is 22.6 Å². The minimum atomic E-state index is -1.55. The third kappa shape index (κ3) is 4.26. The number of hydrogen-bond acceptors (Lipinski definition) is 0. The molecule has 0 aliphatic rings. The van der Waals surface area contributed by atoms with E-state index >= 15 is 0 Å². The minimum absolute atomic E-state index is 1.07. The van der Waals surface area contributed by atoms with E-state index in [2.05, 4.69) is 121 Å². The molecule has 0 amide bonds. The van der Waals surface area contributed by atoms with Gasteiger partial charge >= 0.3 is 0 Å². The summed E-state index contributed by atoms with van der Waals surface area (Å²) in [6.45, 7) is 0. The van der Waals surface area contributed by atoms with Gasteiger partial charge in [0, 0.05) is 5.56 Å². The first-order valence-electron chi connectivity index (χ1n) is 9.17. The molecule has 4 rings (SSSR count). The van der Waals surface area contributed by atoms with E-state index in [1.165, 1.54) is 21.5 Å². The van der Waals surface area contributed by atoms with Crippen LogP contribution in [0.1, 0.15) is 5.56 Å². The van der Waals surface area contributed by atoms with E-state index in [9.17, 15) is 0 Å². The molecule has 0 radical (unpaired) electrons. The molecule has 0 atom stereocenters. The fourth-order valence-corrected chi connectivity index (χ4v) is 5.43. The normalized spacial score (nSPS) is 10.3. The quantitative estimate of drug-likeness (QED) is 0.378. The largest absolute Gasteiger partial charge is 0.184 e. The number of hydrogen-bond donors (Lipinski definition) is 0. The Hall–Kier alpha value is -3.34. The van der Waals surface area contributed by atoms with Gasteiger partial charge in [0.25, 0.3) is 0 Å². The van der Waals surface area contributed by atoms with Crippen LogP contribution in [0.2, 0.25) is 0 Å². The molecule has 1 heteroatoms. The van der Waals surface area contributed by atoms with Crippen molar-refractivity contribution in [3.63, 3.8) is 0 Å². The third-order valence-electron chi connectivity index (χ3n) is 4.62. The summed E-state index contributed by atoms with van der Waals surface area (Å²) in [5, 5.41) is 2.72. The topological polar surface area (TPSA) is 0 Å². The first-order valence-corrected chi connectivity index (χ1v) is 10.9. The molecule has 0 aliphatic heterocycles. The van der Waals surface area contributed by atoms with Gasteiger partial charge in [0.2, 0.25) is 0 Å². The van der Waals surface area contributed by atoms with Gasteiger partial charge in [0.05, 0.1) is 0 Å². The molecule has 0 heterocycles. The van der Waals surface area contributed by atoms with E-state index in [0.717, 1.165) is 5.56 Å². The Morgan fingerprint density at radius 1 is 0.444 bits per heavy atom. The lowest BCUT2D eigenvalue weighted by molar-refractivity contribution is 1.59. The van der Waals surface area contributed by atoms with Crippen LogP contribution in [0.3, 0.4) is 0 Å². The number of benzene rings is 4. The van der Waals surface area contributed by atoms with E-state index in [1.54, 1.807) is 0 Å². The lowest BCUT2D eigenvalue weighted by Gasteiger charge is -2.09. The molecule has 27 heavy (non-hydrogen) atoms. The molecular formula is C26H20Si. The molecule has 0 saturated carbocycles. The Balaban J connectivity index is 1.64. The van der Waals surface area contributed by atoms with E-state index < -0.39 is 8.80 Å². The molecule has 0 N–H and O–H groups in total. The number of rotatable bonds is 3. The highest BCUT2D eigenvalue weighted by Crippen LogP contribution is 2.18. The predicted octanol–water partition coefficient (Wildman–Crippen LogP) is 4.29. The summed E-state index contributed by atoms with van der Waals surface area (Å²) >= 11 is 0. The summed E-state index contributed by atoms with van der Waals surface area (Å²) < 4.78 is 0. The highest BCUT2D eigenvalue weighted by molar-refractivity contribution is 6.91. The minimum Gasteiger partial charge on any atom is -0.119 e. The lowest BCUT2D eigenvalue weighted by atomic mass is 10.0. The Bertz CT molecular complexity index is 1000. The summed E-state index contributed by atoms with van der Waals surface area (Å²) in [5.41, 5.74) is 7.14. The zero-order valence-corrected chi connectivity index (χ0v) is 16.2. The van der Waals surface area contributed by atoms with Crippen LogP contribution in [-0.4, -0.2) is 8.80 Å². The molecule has 4 aromatic rings. The Morgan fingerprint density at radius 3 is 1.41 bits per heavy atom. The highest BCUT2D eigenvalue weighted by Gasteiger charge is 2.12. The summed E-state index contributed by atoms with van der Waals surface area (Å²) in [5.74, 6) is 3.43. The van der Waals surface area contributed by atoms with Crippen molar-refractivity contribution in [2.45, 2.75) is 0 Å². The van der Waals surface area contributed by atoms with Gasteiger partial charge < -0.3 is 0 Å². The van der Waals surface area contributed by atoms with Gasteiger partial charge in [-0.25, -0.2) is 0 Å². The molecule has 0 spiro atoms. The molecular weight excluding hydrogens is 340 g/mol. The second kappa shape index (κ2) is 8.36. The average molecular weight is 361 g/mol. The molecule has 4 aromatic carbocycles. The second-order valence-corrected chi connectivity index (χ2v) is 8.96. The maximum absolute atomic E-state index is 3.62. The van der Waals surface area contributed by atoms with Crippen molar-refractivity contribution >= 4 is 19.2 Å². The Morgan fingerprint density at radius 2 is 0.889 bits per heavy atom. The third-order valence-corrected chi connectivity index (χ3v) is 7.15. The van der Waals surface area contributed by atoms with Crippen LogP contribution in [-0.2, 0) is 0 Å². The smallest absolute Gasteiger partial charge is 0.119 e. The van der Waals surface area contributed by atoms with Gasteiger partial charge in [-0.2, -0.15) is 0 Å². The fraction of sp³-hybridized carbons (Fsp3) is 0. The van der Waals surface area contributed by atoms with Gasteiger partial charge in [-0.15, -0.1) is 5.54 Å². The van der Waals surface area contributed by atoms with Crippen LogP contribution in [0.4, 0.5) is 0 Å². The Kier molecular flexibility index (Phi) is 5.29. The molecule has 0 bridgehead atoms. The van der Waals surface area contributed by atoms with Gasteiger partial charge in [-0.3, -0.25) is 0 Å². The van der Waals surface area contributed by atoms with Gasteiger partial charge in [-0.05, 0) is 33.6 Å². The van der Waals surface area contributed by atoms with Crippen LogP contribution < -0.4 is 10.4 Å². The van der Waals surface area contributed by atoms with Gasteiger partial charge in [0.15, 0.2) is 8.80 Å². The summed E-state index contributed by atoms with van der Waals surface area (Å²) in [6.07, 6.45) is 0. The lowest BCUT2D eigenvalue weighted by Crippen LogP contribution is -2.41. The monoisotopic (exact) mass is 360 g/mol. The maximum atomic E-state index is 3.62. The molecule has 0 nitrogen and oxygen atoms in total. The van der Waals surface area contributed by atoms with Crippen LogP contribution in [0.25, 0.3) is 11.1 Å². The van der Waals surface area contributed by atoms with Crippen molar-refractivity contribution in [1.82, 2.24) is 0 Å². The van der Waals surface area contributed by atoms with E-state index in [1.807, 2.05) is 6.07 Å². The molecule has 128 valence electrons. The van der Waals surface area contributed by atoms with Crippen LogP contribution in [0.5, 0.6) is 0 Å². The SMILES string of the molecule is C(#C[SiH](c1ccccc1)c1ccccc1)c1ccc(-c2ccccc2)cc1. The molecule has 0 fully saturated rings. The van der Waals surface area contributed by atoms with Crippen molar-refractivity contribution in [2.24, 2.45) is 0 Å². The molecule has 0 unspecified atom stereocenters.